The van der Waals surface area contributed by atoms with E-state index in [2.05, 4.69) is 49.9 Å². The molecule has 0 radical (unpaired) electrons. The lowest BCUT2D eigenvalue weighted by Crippen LogP contribution is -2.22. The molecular weight excluding hydrogens is 360 g/mol. The van der Waals surface area contributed by atoms with Gasteiger partial charge in [0.1, 0.15) is 18.5 Å². The van der Waals surface area contributed by atoms with Gasteiger partial charge in [-0.2, -0.15) is 0 Å². The van der Waals surface area contributed by atoms with E-state index < -0.39 is 0 Å². The van der Waals surface area contributed by atoms with Crippen molar-refractivity contribution in [1.29, 1.82) is 0 Å². The minimum atomic E-state index is -0.387. The van der Waals surface area contributed by atoms with E-state index in [1.165, 1.54) is 24.8 Å². The minimum absolute atomic E-state index is 0.294. The zero-order valence-electron chi connectivity index (χ0n) is 17.7. The first-order valence-corrected chi connectivity index (χ1v) is 10.4. The summed E-state index contributed by atoms with van der Waals surface area (Å²) in [6, 6.07) is 17.1. The van der Waals surface area contributed by atoms with E-state index in [4.69, 9.17) is 9.47 Å². The van der Waals surface area contributed by atoms with Gasteiger partial charge in [0, 0.05) is 16.3 Å². The Morgan fingerprint density at radius 3 is 2.55 bits per heavy atom. The number of fused-ring (bicyclic) bond motifs is 2. The molecule has 152 valence electrons. The Balaban J connectivity index is 1.93. The molecule has 1 unspecified atom stereocenters. The van der Waals surface area contributed by atoms with Gasteiger partial charge in [-0.3, -0.25) is 0 Å². The third kappa shape index (κ3) is 5.17. The monoisotopic (exact) mass is 390 g/mol. The second kappa shape index (κ2) is 9.60. The topological polar surface area (TPSA) is 35.5 Å². The second-order valence-electron chi connectivity index (χ2n) is 7.75. The maximum Gasteiger partial charge on any atom is 0.333 e. The van der Waals surface area contributed by atoms with Gasteiger partial charge in [0.15, 0.2) is 0 Å². The number of ether oxygens (including phenoxy) is 2. The Morgan fingerprint density at radius 2 is 1.79 bits per heavy atom. The smallest absolute Gasteiger partial charge is 0.333 e. The molecule has 3 rings (SSSR count). The minimum Gasteiger partial charge on any atom is -0.488 e. The molecule has 0 saturated carbocycles. The lowest BCUT2D eigenvalue weighted by molar-refractivity contribution is -0.144. The van der Waals surface area contributed by atoms with E-state index in [9.17, 15) is 4.79 Å². The fraction of sp³-hybridized carbons (Fsp3) is 0.346. The van der Waals surface area contributed by atoms with E-state index in [1.807, 2.05) is 19.1 Å². The average molecular weight is 391 g/mol. The van der Waals surface area contributed by atoms with Gasteiger partial charge < -0.3 is 9.47 Å². The summed E-state index contributed by atoms with van der Waals surface area (Å²) >= 11 is 0. The highest BCUT2D eigenvalue weighted by Crippen LogP contribution is 2.36. The average Bonchev–Trinajstić information content (AvgIpc) is 2.71. The standard InChI is InChI=1S/C26H30O3/c1-5-6-7-10-20-13-14-22-16-21-11-8-9-12-23(21)25(24(22)15-20)28-17-19(4)29-26(27)18(2)3/h8-9,11-16,19H,2,5-7,10,17H2,1,3-4H3. The van der Waals surface area contributed by atoms with Gasteiger partial charge in [-0.25, -0.2) is 4.79 Å². The van der Waals surface area contributed by atoms with Gasteiger partial charge >= 0.3 is 5.97 Å². The quantitative estimate of drug-likeness (QED) is 0.178. The van der Waals surface area contributed by atoms with Crippen LogP contribution in [0.5, 0.6) is 5.75 Å². The molecule has 0 aromatic heterocycles. The van der Waals surface area contributed by atoms with E-state index in [0.29, 0.717) is 12.2 Å². The summed E-state index contributed by atoms with van der Waals surface area (Å²) in [5.74, 6) is 0.468. The van der Waals surface area contributed by atoms with Crippen molar-refractivity contribution >= 4 is 27.5 Å². The molecule has 0 aliphatic rings. The molecule has 0 heterocycles. The Hall–Kier alpha value is -2.81. The molecule has 0 spiro atoms. The molecule has 0 aliphatic carbocycles. The van der Waals surface area contributed by atoms with Crippen LogP contribution in [0.1, 0.15) is 45.6 Å². The van der Waals surface area contributed by atoms with Crippen molar-refractivity contribution in [2.24, 2.45) is 0 Å². The molecule has 3 heteroatoms. The first kappa shape index (κ1) is 20.9. The molecule has 0 aliphatic heterocycles. The second-order valence-corrected chi connectivity index (χ2v) is 7.75. The fourth-order valence-corrected chi connectivity index (χ4v) is 3.48. The summed E-state index contributed by atoms with van der Waals surface area (Å²) in [6.45, 7) is 9.63. The van der Waals surface area contributed by atoms with Crippen LogP contribution < -0.4 is 4.74 Å². The van der Waals surface area contributed by atoms with Gasteiger partial charge in [0.05, 0.1) is 0 Å². The van der Waals surface area contributed by atoms with Crippen molar-refractivity contribution in [3.05, 3.63) is 66.2 Å². The SMILES string of the molecule is C=C(C)C(=O)OC(C)COc1c2ccccc2cc2ccc(CCCCC)cc12. The van der Waals surface area contributed by atoms with Crippen LogP contribution in [-0.2, 0) is 16.0 Å². The first-order chi connectivity index (χ1) is 14.0. The van der Waals surface area contributed by atoms with E-state index >= 15 is 0 Å². The Labute approximate surface area is 173 Å². The maximum atomic E-state index is 11.8. The normalized spacial score (nSPS) is 12.1. The van der Waals surface area contributed by atoms with Crippen LogP contribution in [-0.4, -0.2) is 18.7 Å². The third-order valence-electron chi connectivity index (χ3n) is 5.07. The summed E-state index contributed by atoms with van der Waals surface area (Å²) < 4.78 is 11.6. The van der Waals surface area contributed by atoms with Crippen molar-refractivity contribution < 1.29 is 14.3 Å². The number of unbranched alkanes of at least 4 members (excludes halogenated alkanes) is 2. The van der Waals surface area contributed by atoms with Gasteiger partial charge in [-0.1, -0.05) is 62.7 Å². The number of esters is 1. The van der Waals surface area contributed by atoms with Crippen molar-refractivity contribution in [3.63, 3.8) is 0 Å². The molecule has 0 fully saturated rings. The van der Waals surface area contributed by atoms with E-state index in [0.717, 1.165) is 33.7 Å². The predicted octanol–water partition coefficient (Wildman–Crippen LogP) is 6.61. The van der Waals surface area contributed by atoms with E-state index in [1.54, 1.807) is 6.92 Å². The van der Waals surface area contributed by atoms with Crippen molar-refractivity contribution in [3.8, 4) is 5.75 Å². The lowest BCUT2D eigenvalue weighted by atomic mass is 9.98. The number of carbonyl (C=O) groups excluding carboxylic acids is 1. The predicted molar refractivity (Wildman–Crippen MR) is 121 cm³/mol. The van der Waals surface area contributed by atoms with Crippen LogP contribution in [0.25, 0.3) is 21.5 Å². The van der Waals surface area contributed by atoms with Crippen molar-refractivity contribution in [1.82, 2.24) is 0 Å². The number of benzene rings is 3. The molecule has 0 bridgehead atoms. The molecule has 0 N–H and O–H groups in total. The molecule has 3 aromatic rings. The molecule has 0 amide bonds. The zero-order valence-corrected chi connectivity index (χ0v) is 17.7. The van der Waals surface area contributed by atoms with Crippen LogP contribution in [0.15, 0.2) is 60.7 Å². The van der Waals surface area contributed by atoms with Crippen molar-refractivity contribution in [2.45, 2.75) is 52.6 Å². The molecule has 3 aromatic carbocycles. The van der Waals surface area contributed by atoms with Gasteiger partial charge in [-0.05, 0) is 55.2 Å². The summed E-state index contributed by atoms with van der Waals surface area (Å²) in [6.07, 6.45) is 4.36. The molecule has 3 nitrogen and oxygen atoms in total. The van der Waals surface area contributed by atoms with Crippen LogP contribution in [0.3, 0.4) is 0 Å². The van der Waals surface area contributed by atoms with Crippen LogP contribution in [0.2, 0.25) is 0 Å². The van der Waals surface area contributed by atoms with E-state index in [-0.39, 0.29) is 12.1 Å². The third-order valence-corrected chi connectivity index (χ3v) is 5.07. The highest BCUT2D eigenvalue weighted by molar-refractivity contribution is 6.05. The Morgan fingerprint density at radius 1 is 1.03 bits per heavy atom. The maximum absolute atomic E-state index is 11.8. The summed E-state index contributed by atoms with van der Waals surface area (Å²) in [5.41, 5.74) is 1.72. The van der Waals surface area contributed by atoms with Crippen molar-refractivity contribution in [2.75, 3.05) is 6.61 Å². The summed E-state index contributed by atoms with van der Waals surface area (Å²) in [5, 5.41) is 4.48. The number of hydrogen-bond donors (Lipinski definition) is 0. The van der Waals surface area contributed by atoms with Crippen LogP contribution in [0, 0.1) is 0 Å². The number of carbonyl (C=O) groups is 1. The molecule has 1 atom stereocenters. The summed E-state index contributed by atoms with van der Waals surface area (Å²) in [7, 11) is 0. The largest absolute Gasteiger partial charge is 0.488 e. The Bertz CT molecular complexity index is 1020. The highest BCUT2D eigenvalue weighted by atomic mass is 16.6. The highest BCUT2D eigenvalue weighted by Gasteiger charge is 2.14. The number of aryl methyl sites for hydroxylation is 1. The van der Waals surface area contributed by atoms with Gasteiger partial charge in [0.2, 0.25) is 0 Å². The fourth-order valence-electron chi connectivity index (χ4n) is 3.48. The Kier molecular flexibility index (Phi) is 6.92. The van der Waals surface area contributed by atoms with Gasteiger partial charge in [0.25, 0.3) is 0 Å². The summed E-state index contributed by atoms with van der Waals surface area (Å²) in [4.78, 5) is 11.8. The lowest BCUT2D eigenvalue weighted by Gasteiger charge is -2.18. The first-order valence-electron chi connectivity index (χ1n) is 10.4. The number of rotatable bonds is 9. The molecular formula is C26H30O3. The molecule has 29 heavy (non-hydrogen) atoms. The van der Waals surface area contributed by atoms with Gasteiger partial charge in [-0.15, -0.1) is 0 Å². The van der Waals surface area contributed by atoms with Crippen LogP contribution >= 0.6 is 0 Å². The van der Waals surface area contributed by atoms with Crippen LogP contribution in [0.4, 0.5) is 0 Å². The number of hydrogen-bond acceptors (Lipinski definition) is 3. The zero-order chi connectivity index (χ0) is 20.8. The molecule has 0 saturated heterocycles.